The van der Waals surface area contributed by atoms with Gasteiger partial charge in [0.25, 0.3) is 0 Å². The van der Waals surface area contributed by atoms with Crippen molar-refractivity contribution < 1.29 is 0 Å². The van der Waals surface area contributed by atoms with Crippen LogP contribution in [0.2, 0.25) is 0 Å². The molecule has 2 heteroatoms. The first-order valence-corrected chi connectivity index (χ1v) is 17.5. The lowest BCUT2D eigenvalue weighted by Gasteiger charge is -2.12. The largest absolute Gasteiger partial charge is 0.245 e. The second-order valence-corrected chi connectivity index (χ2v) is 13.8. The summed E-state index contributed by atoms with van der Waals surface area (Å²) >= 11 is 1.75. The molecule has 0 unspecified atom stereocenters. The molecule has 0 aliphatic heterocycles. The first-order valence-electron chi connectivity index (χ1n) is 16.7. The zero-order valence-corrected chi connectivity index (χ0v) is 27.4. The van der Waals surface area contributed by atoms with Gasteiger partial charge in [-0.15, -0.1) is 11.3 Å². The van der Waals surface area contributed by atoms with E-state index in [0.717, 1.165) is 4.83 Å². The van der Waals surface area contributed by atoms with Crippen LogP contribution in [0.1, 0.15) is 0 Å². The fourth-order valence-corrected chi connectivity index (χ4v) is 8.51. The molecule has 1 nitrogen and oxygen atoms in total. The van der Waals surface area contributed by atoms with Crippen LogP contribution in [0.5, 0.6) is 0 Å². The molecule has 0 aliphatic carbocycles. The van der Waals surface area contributed by atoms with Crippen LogP contribution in [0.4, 0.5) is 0 Å². The van der Waals surface area contributed by atoms with Gasteiger partial charge in [0, 0.05) is 21.7 Å². The van der Waals surface area contributed by atoms with Crippen molar-refractivity contribution in [1.29, 1.82) is 0 Å². The summed E-state index contributed by atoms with van der Waals surface area (Å²) in [4.78, 5) is 5.67. The molecule has 0 fully saturated rings. The highest BCUT2D eigenvalue weighted by Crippen LogP contribution is 2.39. The first-order chi connectivity index (χ1) is 24.3. The van der Waals surface area contributed by atoms with Crippen molar-refractivity contribution in [1.82, 2.24) is 4.98 Å². The van der Waals surface area contributed by atoms with Crippen molar-refractivity contribution in [3.05, 3.63) is 176 Å². The number of hydrogen-bond donors (Lipinski definition) is 0. The summed E-state index contributed by atoms with van der Waals surface area (Å²) < 4.78 is 1.27. The molecule has 2 heterocycles. The van der Waals surface area contributed by atoms with E-state index >= 15 is 0 Å². The molecular formula is C47H29NS. The molecule has 0 atom stereocenters. The summed E-state index contributed by atoms with van der Waals surface area (Å²) in [7, 11) is 0. The van der Waals surface area contributed by atoms with Gasteiger partial charge in [0.2, 0.25) is 0 Å². The van der Waals surface area contributed by atoms with Gasteiger partial charge in [-0.25, -0.2) is 4.98 Å². The lowest BCUT2D eigenvalue weighted by Crippen LogP contribution is -1.86. The molecule has 0 spiro atoms. The molecule has 0 saturated heterocycles. The summed E-state index contributed by atoms with van der Waals surface area (Å²) in [5, 5.41) is 10.3. The van der Waals surface area contributed by atoms with Crippen molar-refractivity contribution in [2.45, 2.75) is 0 Å². The number of pyridine rings is 1. The number of hydrogen-bond acceptors (Lipinski definition) is 2. The van der Waals surface area contributed by atoms with Crippen LogP contribution in [-0.2, 0) is 0 Å². The average molecular weight is 640 g/mol. The van der Waals surface area contributed by atoms with Gasteiger partial charge in [-0.2, -0.15) is 0 Å². The molecule has 10 rings (SSSR count). The maximum Gasteiger partial charge on any atom is 0.124 e. The minimum Gasteiger partial charge on any atom is -0.245 e. The Bertz CT molecular complexity index is 2840. The Hall–Kier alpha value is -6.09. The van der Waals surface area contributed by atoms with Gasteiger partial charge < -0.3 is 0 Å². The summed E-state index contributed by atoms with van der Waals surface area (Å²) in [5.41, 5.74) is 9.74. The molecule has 49 heavy (non-hydrogen) atoms. The van der Waals surface area contributed by atoms with Crippen molar-refractivity contribution >= 4 is 64.0 Å². The Morgan fingerprint density at radius 1 is 0.286 bits per heavy atom. The number of rotatable bonds is 4. The SMILES string of the molecule is c1cc(-c2ccc(-c3ccc4c5ccccc5c5ccccc5c4c3)cc2)cc(-c2cccc(-c3ccc4sc5ncccc5c4c3)c2)c1. The van der Waals surface area contributed by atoms with Crippen molar-refractivity contribution in [2.75, 3.05) is 0 Å². The van der Waals surface area contributed by atoms with E-state index in [2.05, 4.69) is 169 Å². The molecule has 0 radical (unpaired) electrons. The van der Waals surface area contributed by atoms with E-state index in [1.807, 2.05) is 12.3 Å². The quantitative estimate of drug-likeness (QED) is 0.175. The standard InChI is InChI=1S/C47H29NS/c1-2-14-40-38(12-1)39-13-3-4-15-41(39)44-28-36(21-23-42(40)44)31-19-17-30(18-20-31)32-8-5-9-33(26-32)34-10-6-11-35(27-34)37-22-24-46-45(29-37)43-16-7-25-48-47(43)49-46/h1-29H. The molecule has 0 bridgehead atoms. The number of benzene rings is 8. The van der Waals surface area contributed by atoms with Gasteiger partial charge in [0.15, 0.2) is 0 Å². The summed E-state index contributed by atoms with van der Waals surface area (Å²) in [6, 6.07) is 62.2. The minimum absolute atomic E-state index is 1.09. The van der Waals surface area contributed by atoms with Gasteiger partial charge in [-0.1, -0.05) is 127 Å². The van der Waals surface area contributed by atoms with Crippen LogP contribution in [0, 0.1) is 0 Å². The summed E-state index contributed by atoms with van der Waals surface area (Å²) in [6.45, 7) is 0. The van der Waals surface area contributed by atoms with Gasteiger partial charge in [-0.3, -0.25) is 0 Å². The molecule has 10 aromatic rings. The van der Waals surface area contributed by atoms with Gasteiger partial charge >= 0.3 is 0 Å². The predicted octanol–water partition coefficient (Wildman–Crippen LogP) is 13.6. The predicted molar refractivity (Wildman–Crippen MR) is 211 cm³/mol. The van der Waals surface area contributed by atoms with Crippen molar-refractivity contribution in [3.63, 3.8) is 0 Å². The second kappa shape index (κ2) is 11.3. The molecule has 0 aliphatic rings. The lowest BCUT2D eigenvalue weighted by molar-refractivity contribution is 1.45. The van der Waals surface area contributed by atoms with Crippen LogP contribution < -0.4 is 0 Å². The highest BCUT2D eigenvalue weighted by atomic mass is 32.1. The maximum atomic E-state index is 4.58. The Labute approximate surface area is 288 Å². The number of aromatic nitrogens is 1. The highest BCUT2D eigenvalue weighted by Gasteiger charge is 2.11. The van der Waals surface area contributed by atoms with E-state index < -0.39 is 0 Å². The Morgan fingerprint density at radius 2 is 0.714 bits per heavy atom. The minimum atomic E-state index is 1.09. The second-order valence-electron chi connectivity index (χ2n) is 12.8. The Morgan fingerprint density at radius 3 is 1.33 bits per heavy atom. The molecule has 0 N–H and O–H groups in total. The normalized spacial score (nSPS) is 11.7. The molecule has 228 valence electrons. The van der Waals surface area contributed by atoms with E-state index in [1.165, 1.54) is 92.3 Å². The van der Waals surface area contributed by atoms with Gasteiger partial charge in [0.05, 0.1) is 0 Å². The topological polar surface area (TPSA) is 12.9 Å². The zero-order valence-electron chi connectivity index (χ0n) is 26.6. The number of thiophene rings is 1. The highest BCUT2D eigenvalue weighted by molar-refractivity contribution is 7.25. The number of nitrogens with zero attached hydrogens (tertiary/aromatic N) is 1. The van der Waals surface area contributed by atoms with E-state index in [-0.39, 0.29) is 0 Å². The smallest absolute Gasteiger partial charge is 0.124 e. The number of fused-ring (bicyclic) bond motifs is 9. The van der Waals surface area contributed by atoms with Crippen LogP contribution in [-0.4, -0.2) is 4.98 Å². The summed E-state index contributed by atoms with van der Waals surface area (Å²) in [6.07, 6.45) is 1.87. The molecule has 2 aromatic heterocycles. The summed E-state index contributed by atoms with van der Waals surface area (Å²) in [5.74, 6) is 0. The molecule has 8 aromatic carbocycles. The first kappa shape index (κ1) is 28.0. The van der Waals surface area contributed by atoms with E-state index in [4.69, 9.17) is 0 Å². The molecule has 0 amide bonds. The Balaban J connectivity index is 0.981. The van der Waals surface area contributed by atoms with Crippen molar-refractivity contribution in [2.24, 2.45) is 0 Å². The molecule has 0 saturated carbocycles. The maximum absolute atomic E-state index is 4.58. The van der Waals surface area contributed by atoms with E-state index in [0.29, 0.717) is 0 Å². The Kier molecular flexibility index (Phi) is 6.43. The zero-order chi connectivity index (χ0) is 32.3. The van der Waals surface area contributed by atoms with Crippen LogP contribution in [0.15, 0.2) is 176 Å². The van der Waals surface area contributed by atoms with Gasteiger partial charge in [-0.05, 0) is 119 Å². The molecular weight excluding hydrogens is 611 g/mol. The average Bonchev–Trinajstić information content (AvgIpc) is 3.56. The third-order valence-corrected chi connectivity index (χ3v) is 11.0. The van der Waals surface area contributed by atoms with Gasteiger partial charge in [0.1, 0.15) is 4.83 Å². The van der Waals surface area contributed by atoms with Crippen LogP contribution >= 0.6 is 11.3 Å². The fraction of sp³-hybridized carbons (Fsp3) is 0. The van der Waals surface area contributed by atoms with Crippen molar-refractivity contribution in [3.8, 4) is 44.5 Å². The monoisotopic (exact) mass is 639 g/mol. The fourth-order valence-electron chi connectivity index (χ4n) is 7.49. The van der Waals surface area contributed by atoms with E-state index in [9.17, 15) is 0 Å². The van der Waals surface area contributed by atoms with Crippen LogP contribution in [0.25, 0.3) is 97.1 Å². The lowest BCUT2D eigenvalue weighted by atomic mass is 9.91. The van der Waals surface area contributed by atoms with E-state index in [1.54, 1.807) is 11.3 Å². The van der Waals surface area contributed by atoms with Crippen LogP contribution in [0.3, 0.4) is 0 Å². The third kappa shape index (κ3) is 4.72. The third-order valence-electron chi connectivity index (χ3n) is 9.94.